The Morgan fingerprint density at radius 3 is 2.93 bits per heavy atom. The van der Waals surface area contributed by atoms with Crippen molar-refractivity contribution in [3.8, 4) is 0 Å². The summed E-state index contributed by atoms with van der Waals surface area (Å²) in [5, 5.41) is 13.1. The summed E-state index contributed by atoms with van der Waals surface area (Å²) in [6.07, 6.45) is 1.66. The Kier molecular flexibility index (Phi) is 5.28. The van der Waals surface area contributed by atoms with Crippen molar-refractivity contribution in [3.05, 3.63) is 11.7 Å². The second-order valence-electron chi connectivity index (χ2n) is 3.42. The molecule has 0 aliphatic carbocycles. The highest BCUT2D eigenvalue weighted by atomic mass is 16.5. The topological polar surface area (TPSA) is 68.4 Å². The maximum absolute atomic E-state index is 9.38. The fourth-order valence-corrected chi connectivity index (χ4v) is 1.09. The summed E-state index contributed by atoms with van der Waals surface area (Å²) in [5.41, 5.74) is 0. The van der Waals surface area contributed by atoms with Gasteiger partial charge in [-0.1, -0.05) is 19.0 Å². The quantitative estimate of drug-likeness (QED) is 0.693. The Morgan fingerprint density at radius 2 is 2.27 bits per heavy atom. The van der Waals surface area contributed by atoms with E-state index >= 15 is 0 Å². The highest BCUT2D eigenvalue weighted by molar-refractivity contribution is 4.86. The molecule has 0 aromatic carbocycles. The second-order valence-corrected chi connectivity index (χ2v) is 3.42. The van der Waals surface area contributed by atoms with Crippen molar-refractivity contribution in [1.29, 1.82) is 0 Å². The van der Waals surface area contributed by atoms with Gasteiger partial charge in [-0.3, -0.25) is 0 Å². The number of hydrogen-bond acceptors (Lipinski definition) is 5. The molecular weight excluding hydrogens is 196 g/mol. The highest BCUT2D eigenvalue weighted by Gasteiger charge is 2.10. The van der Waals surface area contributed by atoms with Crippen LogP contribution in [0.15, 0.2) is 4.52 Å². The van der Waals surface area contributed by atoms with Crippen LogP contribution in [0.5, 0.6) is 0 Å². The van der Waals surface area contributed by atoms with Crippen LogP contribution in [-0.4, -0.2) is 28.0 Å². The van der Waals surface area contributed by atoms with Gasteiger partial charge < -0.3 is 14.4 Å². The van der Waals surface area contributed by atoms with E-state index in [-0.39, 0.29) is 0 Å². The van der Waals surface area contributed by atoms with Crippen LogP contribution in [0.3, 0.4) is 0 Å². The molecule has 0 spiro atoms. The van der Waals surface area contributed by atoms with Gasteiger partial charge in [0, 0.05) is 6.61 Å². The van der Waals surface area contributed by atoms with Gasteiger partial charge in [-0.15, -0.1) is 0 Å². The summed E-state index contributed by atoms with van der Waals surface area (Å²) in [6, 6.07) is 0. The van der Waals surface area contributed by atoms with E-state index in [4.69, 9.17) is 9.26 Å². The van der Waals surface area contributed by atoms with Crippen LogP contribution >= 0.6 is 0 Å². The molecule has 0 saturated heterocycles. The Labute approximate surface area is 89.4 Å². The first kappa shape index (κ1) is 12.1. The zero-order valence-electron chi connectivity index (χ0n) is 9.27. The average molecular weight is 214 g/mol. The molecule has 86 valence electrons. The smallest absolute Gasteiger partial charge is 0.229 e. The Balaban J connectivity index is 2.35. The van der Waals surface area contributed by atoms with Crippen LogP contribution in [0, 0.1) is 0 Å². The van der Waals surface area contributed by atoms with Gasteiger partial charge in [0.15, 0.2) is 5.82 Å². The lowest BCUT2D eigenvalue weighted by Gasteiger charge is -2.01. The summed E-state index contributed by atoms with van der Waals surface area (Å²) in [7, 11) is 0. The summed E-state index contributed by atoms with van der Waals surface area (Å²) in [5.74, 6) is 1.02. The third-order valence-electron chi connectivity index (χ3n) is 1.97. The molecule has 0 aliphatic heterocycles. The van der Waals surface area contributed by atoms with E-state index in [0.29, 0.717) is 37.8 Å². The first-order valence-corrected chi connectivity index (χ1v) is 5.33. The van der Waals surface area contributed by atoms with Crippen molar-refractivity contribution >= 4 is 0 Å². The SMILES string of the molecule is CCCOCc1noc(CC(O)CC)n1. The van der Waals surface area contributed by atoms with Crippen molar-refractivity contribution in [3.63, 3.8) is 0 Å². The summed E-state index contributed by atoms with van der Waals surface area (Å²) in [6.45, 7) is 5.02. The first-order chi connectivity index (χ1) is 7.26. The number of rotatable bonds is 7. The molecule has 1 atom stereocenters. The molecule has 0 fully saturated rings. The summed E-state index contributed by atoms with van der Waals surface area (Å²) < 4.78 is 10.2. The van der Waals surface area contributed by atoms with Crippen LogP contribution in [0.1, 0.15) is 38.4 Å². The predicted octanol–water partition coefficient (Wildman–Crippen LogP) is 1.31. The fourth-order valence-electron chi connectivity index (χ4n) is 1.09. The zero-order valence-corrected chi connectivity index (χ0v) is 9.27. The molecule has 0 bridgehead atoms. The summed E-state index contributed by atoms with van der Waals surface area (Å²) >= 11 is 0. The molecule has 5 nitrogen and oxygen atoms in total. The van der Waals surface area contributed by atoms with E-state index in [2.05, 4.69) is 10.1 Å². The maximum atomic E-state index is 9.38. The number of aromatic nitrogens is 2. The molecule has 1 aromatic heterocycles. The van der Waals surface area contributed by atoms with Crippen molar-refractivity contribution < 1.29 is 14.4 Å². The van der Waals surface area contributed by atoms with Crippen LogP contribution in [0.4, 0.5) is 0 Å². The molecule has 1 heterocycles. The molecule has 0 radical (unpaired) electrons. The molecule has 0 aliphatic rings. The van der Waals surface area contributed by atoms with Crippen molar-refractivity contribution in [2.45, 2.75) is 45.8 Å². The minimum Gasteiger partial charge on any atom is -0.393 e. The van der Waals surface area contributed by atoms with Gasteiger partial charge in [-0.2, -0.15) is 4.98 Å². The third-order valence-corrected chi connectivity index (χ3v) is 1.97. The standard InChI is InChI=1S/C10H18N2O3/c1-3-5-14-7-9-11-10(15-12-9)6-8(13)4-2/h8,13H,3-7H2,1-2H3. The van der Waals surface area contributed by atoms with Gasteiger partial charge in [0.25, 0.3) is 0 Å². The van der Waals surface area contributed by atoms with Gasteiger partial charge in [0.2, 0.25) is 5.89 Å². The molecule has 1 rings (SSSR count). The van der Waals surface area contributed by atoms with Gasteiger partial charge >= 0.3 is 0 Å². The van der Waals surface area contributed by atoms with E-state index in [9.17, 15) is 5.11 Å². The molecule has 0 amide bonds. The number of nitrogens with zero attached hydrogens (tertiary/aromatic N) is 2. The Hall–Kier alpha value is -0.940. The largest absolute Gasteiger partial charge is 0.393 e. The van der Waals surface area contributed by atoms with Gasteiger partial charge in [-0.05, 0) is 12.8 Å². The minimum absolute atomic E-state index is 0.375. The molecule has 1 unspecified atom stereocenters. The van der Waals surface area contributed by atoms with E-state index in [0.717, 1.165) is 6.42 Å². The fraction of sp³-hybridized carbons (Fsp3) is 0.800. The lowest BCUT2D eigenvalue weighted by atomic mass is 10.2. The molecule has 1 N–H and O–H groups in total. The second kappa shape index (κ2) is 6.53. The number of hydrogen-bond donors (Lipinski definition) is 1. The normalized spacial score (nSPS) is 13.0. The third kappa shape index (κ3) is 4.40. The lowest BCUT2D eigenvalue weighted by molar-refractivity contribution is 0.114. The van der Waals surface area contributed by atoms with Crippen molar-refractivity contribution in [2.75, 3.05) is 6.61 Å². The van der Waals surface area contributed by atoms with E-state index in [1.54, 1.807) is 0 Å². The van der Waals surface area contributed by atoms with E-state index in [1.807, 2.05) is 13.8 Å². The number of aliphatic hydroxyl groups excluding tert-OH is 1. The highest BCUT2D eigenvalue weighted by Crippen LogP contribution is 2.04. The molecule has 5 heteroatoms. The van der Waals surface area contributed by atoms with Crippen LogP contribution in [0.25, 0.3) is 0 Å². The molecule has 0 saturated carbocycles. The van der Waals surface area contributed by atoms with Crippen LogP contribution in [0.2, 0.25) is 0 Å². The van der Waals surface area contributed by atoms with Gasteiger partial charge in [-0.25, -0.2) is 0 Å². The Bertz CT molecular complexity index is 275. The monoisotopic (exact) mass is 214 g/mol. The van der Waals surface area contributed by atoms with Crippen LogP contribution in [-0.2, 0) is 17.8 Å². The molecular formula is C10H18N2O3. The summed E-state index contributed by atoms with van der Waals surface area (Å²) in [4.78, 5) is 4.11. The van der Waals surface area contributed by atoms with Crippen molar-refractivity contribution in [1.82, 2.24) is 10.1 Å². The maximum Gasteiger partial charge on any atom is 0.229 e. The van der Waals surface area contributed by atoms with E-state index < -0.39 is 6.10 Å². The zero-order chi connectivity index (χ0) is 11.1. The van der Waals surface area contributed by atoms with Crippen molar-refractivity contribution in [2.24, 2.45) is 0 Å². The first-order valence-electron chi connectivity index (χ1n) is 5.33. The predicted molar refractivity (Wildman–Crippen MR) is 54.2 cm³/mol. The van der Waals surface area contributed by atoms with Crippen LogP contribution < -0.4 is 0 Å². The number of ether oxygens (including phenoxy) is 1. The Morgan fingerprint density at radius 1 is 1.47 bits per heavy atom. The number of aliphatic hydroxyl groups is 1. The minimum atomic E-state index is -0.408. The average Bonchev–Trinajstić information content (AvgIpc) is 2.66. The lowest BCUT2D eigenvalue weighted by Crippen LogP contribution is -2.08. The molecule has 1 aromatic rings. The van der Waals surface area contributed by atoms with Gasteiger partial charge in [0.1, 0.15) is 6.61 Å². The molecule has 15 heavy (non-hydrogen) atoms. The van der Waals surface area contributed by atoms with Gasteiger partial charge in [0.05, 0.1) is 12.5 Å². The van der Waals surface area contributed by atoms with E-state index in [1.165, 1.54) is 0 Å².